The molecule has 2 rings (SSSR count). The summed E-state index contributed by atoms with van der Waals surface area (Å²) >= 11 is 0. The second kappa shape index (κ2) is 4.16. The maximum Gasteiger partial charge on any atom is 0.328 e. The Kier molecular flexibility index (Phi) is 2.88. The van der Waals surface area contributed by atoms with Crippen molar-refractivity contribution in [3.05, 3.63) is 0 Å². The van der Waals surface area contributed by atoms with Crippen molar-refractivity contribution < 1.29 is 19.4 Å². The van der Waals surface area contributed by atoms with Crippen LogP contribution in [0.15, 0.2) is 0 Å². The van der Waals surface area contributed by atoms with Gasteiger partial charge in [0.25, 0.3) is 0 Å². The smallest absolute Gasteiger partial charge is 0.328 e. The summed E-state index contributed by atoms with van der Waals surface area (Å²) in [5, 5.41) is 11.9. The highest BCUT2D eigenvalue weighted by Crippen LogP contribution is 2.14. The van der Waals surface area contributed by atoms with Crippen LogP contribution in [0.2, 0.25) is 0 Å². The molecule has 84 valence electrons. The van der Waals surface area contributed by atoms with Gasteiger partial charge in [-0.2, -0.15) is 0 Å². The molecular weight excluding hydrogens is 200 g/mol. The van der Waals surface area contributed by atoms with Crippen LogP contribution in [-0.2, 0) is 14.3 Å². The third kappa shape index (κ3) is 1.95. The molecule has 6 nitrogen and oxygen atoms in total. The van der Waals surface area contributed by atoms with Gasteiger partial charge >= 0.3 is 5.97 Å². The summed E-state index contributed by atoms with van der Waals surface area (Å²) in [4.78, 5) is 24.2. The van der Waals surface area contributed by atoms with E-state index >= 15 is 0 Å². The molecule has 1 atom stereocenters. The molecule has 0 spiro atoms. The number of nitrogens with one attached hydrogen (secondary N) is 1. The fourth-order valence-electron chi connectivity index (χ4n) is 1.77. The maximum absolute atomic E-state index is 11.9. The number of amides is 1. The molecule has 0 saturated carbocycles. The molecule has 2 N–H and O–H groups in total. The van der Waals surface area contributed by atoms with Crippen LogP contribution in [0.3, 0.4) is 0 Å². The van der Waals surface area contributed by atoms with Gasteiger partial charge in [0.15, 0.2) is 6.04 Å². The first kappa shape index (κ1) is 10.4. The maximum atomic E-state index is 11.9. The molecule has 0 aromatic carbocycles. The first-order chi connectivity index (χ1) is 7.20. The number of nitrogens with zero attached hydrogens (tertiary/aromatic N) is 1. The second-order valence-corrected chi connectivity index (χ2v) is 3.82. The van der Waals surface area contributed by atoms with Crippen molar-refractivity contribution in [2.75, 3.05) is 32.8 Å². The van der Waals surface area contributed by atoms with Gasteiger partial charge in [-0.05, 0) is 0 Å². The normalized spacial score (nSPS) is 27.2. The summed E-state index contributed by atoms with van der Waals surface area (Å²) in [7, 11) is 0. The molecule has 0 aromatic rings. The van der Waals surface area contributed by atoms with Crippen molar-refractivity contribution in [1.29, 1.82) is 0 Å². The van der Waals surface area contributed by atoms with Crippen LogP contribution in [0, 0.1) is 5.92 Å². The Labute approximate surface area is 87.2 Å². The van der Waals surface area contributed by atoms with Crippen molar-refractivity contribution in [3.63, 3.8) is 0 Å². The van der Waals surface area contributed by atoms with E-state index < -0.39 is 12.0 Å². The van der Waals surface area contributed by atoms with Crippen LogP contribution in [0.1, 0.15) is 0 Å². The summed E-state index contributed by atoms with van der Waals surface area (Å²) in [6.45, 7) is 2.22. The molecule has 2 saturated heterocycles. The average molecular weight is 214 g/mol. The summed E-state index contributed by atoms with van der Waals surface area (Å²) in [5.74, 6) is -1.11. The van der Waals surface area contributed by atoms with Crippen LogP contribution in [-0.4, -0.2) is 60.8 Å². The highest BCUT2D eigenvalue weighted by molar-refractivity contribution is 5.86. The van der Waals surface area contributed by atoms with Crippen molar-refractivity contribution in [1.82, 2.24) is 10.2 Å². The van der Waals surface area contributed by atoms with E-state index in [0.29, 0.717) is 26.2 Å². The number of ether oxygens (including phenoxy) is 1. The molecule has 2 aliphatic rings. The lowest BCUT2D eigenvalue weighted by Gasteiger charge is -2.37. The van der Waals surface area contributed by atoms with Crippen LogP contribution >= 0.6 is 0 Å². The summed E-state index contributed by atoms with van der Waals surface area (Å²) < 4.78 is 5.06. The zero-order chi connectivity index (χ0) is 10.8. The Hall–Kier alpha value is -1.14. The fourth-order valence-corrected chi connectivity index (χ4v) is 1.77. The molecule has 2 heterocycles. The molecule has 0 aromatic heterocycles. The summed E-state index contributed by atoms with van der Waals surface area (Å²) in [6, 6.07) is -0.813. The first-order valence-electron chi connectivity index (χ1n) is 5.02. The van der Waals surface area contributed by atoms with Crippen molar-refractivity contribution in [3.8, 4) is 0 Å². The number of carboxylic acid groups (broad SMARTS) is 1. The standard InChI is InChI=1S/C9H14N2O4/c12-8(6-3-10-4-6)11-1-2-15-5-7(11)9(13)14/h6-7,10H,1-5H2,(H,13,14). The topological polar surface area (TPSA) is 78.9 Å². The molecule has 2 aliphatic heterocycles. The Morgan fingerprint density at radius 1 is 1.40 bits per heavy atom. The Bertz CT molecular complexity index is 277. The van der Waals surface area contributed by atoms with Crippen molar-refractivity contribution in [2.45, 2.75) is 6.04 Å². The minimum atomic E-state index is -0.990. The van der Waals surface area contributed by atoms with E-state index in [1.54, 1.807) is 0 Å². The van der Waals surface area contributed by atoms with Crippen molar-refractivity contribution in [2.24, 2.45) is 5.92 Å². The quantitative estimate of drug-likeness (QED) is 0.586. The number of carbonyl (C=O) groups excluding carboxylic acids is 1. The van der Waals surface area contributed by atoms with Gasteiger partial charge in [-0.15, -0.1) is 0 Å². The largest absolute Gasteiger partial charge is 0.480 e. The van der Waals surface area contributed by atoms with Gasteiger partial charge in [0.05, 0.1) is 19.1 Å². The van der Waals surface area contributed by atoms with Gasteiger partial charge in [-0.3, -0.25) is 4.79 Å². The van der Waals surface area contributed by atoms with E-state index in [2.05, 4.69) is 5.32 Å². The molecule has 2 fully saturated rings. The SMILES string of the molecule is O=C(O)C1COCCN1C(=O)C1CNC1. The highest BCUT2D eigenvalue weighted by atomic mass is 16.5. The monoisotopic (exact) mass is 214 g/mol. The summed E-state index contributed by atoms with van der Waals surface area (Å²) in [5.41, 5.74) is 0. The third-order valence-corrected chi connectivity index (χ3v) is 2.83. The Morgan fingerprint density at radius 2 is 2.13 bits per heavy atom. The molecule has 0 aliphatic carbocycles. The molecule has 0 bridgehead atoms. The van der Waals surface area contributed by atoms with E-state index in [4.69, 9.17) is 9.84 Å². The first-order valence-corrected chi connectivity index (χ1v) is 5.02. The van der Waals surface area contributed by atoms with E-state index in [9.17, 15) is 9.59 Å². The molecule has 15 heavy (non-hydrogen) atoms. The number of hydrogen-bond donors (Lipinski definition) is 2. The van der Waals surface area contributed by atoms with Crippen molar-refractivity contribution >= 4 is 11.9 Å². The number of hydrogen-bond acceptors (Lipinski definition) is 4. The van der Waals surface area contributed by atoms with E-state index in [1.807, 2.05) is 0 Å². The lowest BCUT2D eigenvalue weighted by Crippen LogP contribution is -2.59. The number of aliphatic carboxylic acids is 1. The zero-order valence-electron chi connectivity index (χ0n) is 8.31. The zero-order valence-corrected chi connectivity index (χ0v) is 8.31. The molecule has 1 amide bonds. The Balaban J connectivity index is 2.03. The molecule has 0 radical (unpaired) electrons. The van der Waals surface area contributed by atoms with Gasteiger partial charge < -0.3 is 20.1 Å². The number of rotatable bonds is 2. The average Bonchev–Trinajstić information content (AvgIpc) is 2.15. The Morgan fingerprint density at radius 3 is 2.67 bits per heavy atom. The van der Waals surface area contributed by atoms with Gasteiger partial charge in [0.1, 0.15) is 0 Å². The summed E-state index contributed by atoms with van der Waals surface area (Å²) in [6.07, 6.45) is 0. The highest BCUT2D eigenvalue weighted by Gasteiger charge is 2.37. The lowest BCUT2D eigenvalue weighted by atomic mass is 10.0. The van der Waals surface area contributed by atoms with E-state index in [-0.39, 0.29) is 18.4 Å². The molecule has 1 unspecified atom stereocenters. The second-order valence-electron chi connectivity index (χ2n) is 3.82. The minimum Gasteiger partial charge on any atom is -0.480 e. The van der Waals surface area contributed by atoms with Gasteiger partial charge in [-0.1, -0.05) is 0 Å². The van der Waals surface area contributed by atoms with Crippen LogP contribution < -0.4 is 5.32 Å². The fraction of sp³-hybridized carbons (Fsp3) is 0.778. The molecular formula is C9H14N2O4. The van der Waals surface area contributed by atoms with Crippen LogP contribution in [0.25, 0.3) is 0 Å². The van der Waals surface area contributed by atoms with Crippen LogP contribution in [0.4, 0.5) is 0 Å². The molecule has 6 heteroatoms. The van der Waals surface area contributed by atoms with Gasteiger partial charge in [0.2, 0.25) is 5.91 Å². The minimum absolute atomic E-state index is 0.0510. The number of carboxylic acids is 1. The van der Waals surface area contributed by atoms with Crippen LogP contribution in [0.5, 0.6) is 0 Å². The van der Waals surface area contributed by atoms with Gasteiger partial charge in [-0.25, -0.2) is 4.79 Å². The number of morpholine rings is 1. The predicted octanol–water partition coefficient (Wildman–Crippen LogP) is -1.48. The van der Waals surface area contributed by atoms with E-state index in [1.165, 1.54) is 4.90 Å². The third-order valence-electron chi connectivity index (χ3n) is 2.83. The van der Waals surface area contributed by atoms with E-state index in [0.717, 1.165) is 0 Å². The predicted molar refractivity (Wildman–Crippen MR) is 50.3 cm³/mol. The number of carbonyl (C=O) groups is 2. The lowest BCUT2D eigenvalue weighted by molar-refractivity contribution is -0.161. The van der Waals surface area contributed by atoms with Gasteiger partial charge in [0, 0.05) is 19.6 Å².